The highest BCUT2D eigenvalue weighted by Gasteiger charge is 2.38. The minimum Gasteiger partial charge on any atom is -0.496 e. The van der Waals surface area contributed by atoms with Crippen LogP contribution in [-0.2, 0) is 4.79 Å². The Balaban J connectivity index is 1.87. The van der Waals surface area contributed by atoms with Gasteiger partial charge in [-0.15, -0.1) is 0 Å². The van der Waals surface area contributed by atoms with Crippen LogP contribution in [-0.4, -0.2) is 35.7 Å². The van der Waals surface area contributed by atoms with Crippen molar-refractivity contribution >= 4 is 17.5 Å². The topological polar surface area (TPSA) is 82.4 Å². The molecule has 0 bridgehead atoms. The summed E-state index contributed by atoms with van der Waals surface area (Å²) in [7, 11) is 3.02. The number of nitrogens with zero attached hydrogens (tertiary/aromatic N) is 2. The van der Waals surface area contributed by atoms with Crippen molar-refractivity contribution in [1.82, 2.24) is 9.78 Å². The van der Waals surface area contributed by atoms with Gasteiger partial charge >= 0.3 is 0 Å². The van der Waals surface area contributed by atoms with Crippen molar-refractivity contribution in [3.8, 4) is 17.2 Å². The van der Waals surface area contributed by atoms with Gasteiger partial charge in [-0.2, -0.15) is 5.10 Å². The lowest BCUT2D eigenvalue weighted by molar-refractivity contribution is -0.116. The van der Waals surface area contributed by atoms with Crippen molar-refractivity contribution < 1.29 is 19.1 Å². The molecule has 2 heterocycles. The Morgan fingerprint density at radius 1 is 1.06 bits per heavy atom. The van der Waals surface area contributed by atoms with Crippen LogP contribution in [0, 0.1) is 20.8 Å². The molecular formula is C24H25N3O4. The van der Waals surface area contributed by atoms with Crippen molar-refractivity contribution in [3.05, 3.63) is 64.3 Å². The van der Waals surface area contributed by atoms with Crippen molar-refractivity contribution in [3.63, 3.8) is 0 Å². The first-order valence-corrected chi connectivity index (χ1v) is 10.1. The van der Waals surface area contributed by atoms with E-state index in [9.17, 15) is 9.59 Å². The van der Waals surface area contributed by atoms with Crippen molar-refractivity contribution in [2.75, 3.05) is 19.5 Å². The highest BCUT2D eigenvalue weighted by molar-refractivity contribution is 6.10. The van der Waals surface area contributed by atoms with E-state index in [0.717, 1.165) is 22.4 Å². The fourth-order valence-electron chi connectivity index (χ4n) is 4.30. The first kappa shape index (κ1) is 20.7. The molecule has 0 aliphatic carbocycles. The van der Waals surface area contributed by atoms with E-state index in [0.29, 0.717) is 28.6 Å². The largest absolute Gasteiger partial charge is 0.496 e. The van der Waals surface area contributed by atoms with Gasteiger partial charge in [0.2, 0.25) is 5.91 Å². The number of carbonyl (C=O) groups is 2. The maximum Gasteiger partial charge on any atom is 0.226 e. The van der Waals surface area contributed by atoms with Crippen LogP contribution < -0.4 is 14.8 Å². The number of methoxy groups -OCH3 is 2. The molecule has 0 saturated heterocycles. The van der Waals surface area contributed by atoms with E-state index < -0.39 is 5.92 Å². The Kier molecular flexibility index (Phi) is 5.27. The lowest BCUT2D eigenvalue weighted by Crippen LogP contribution is -2.29. The molecule has 1 atom stereocenters. The van der Waals surface area contributed by atoms with Crippen molar-refractivity contribution in [2.24, 2.45) is 0 Å². The number of rotatable bonds is 5. The van der Waals surface area contributed by atoms with Crippen molar-refractivity contribution in [2.45, 2.75) is 33.1 Å². The van der Waals surface area contributed by atoms with Gasteiger partial charge in [0, 0.05) is 12.0 Å². The maximum absolute atomic E-state index is 13.7. The van der Waals surface area contributed by atoms with Crippen LogP contribution in [0.3, 0.4) is 0 Å². The second-order valence-electron chi connectivity index (χ2n) is 7.81. The van der Waals surface area contributed by atoms with Crippen LogP contribution in [0.1, 0.15) is 45.1 Å². The molecule has 31 heavy (non-hydrogen) atoms. The van der Waals surface area contributed by atoms with Gasteiger partial charge in [-0.05, 0) is 56.2 Å². The third kappa shape index (κ3) is 3.56. The number of ether oxygens (including phenoxy) is 2. The molecular weight excluding hydrogens is 394 g/mol. The standard InChI is InChI=1S/C24H25N3O4/c1-13-9-14(2)11-16(10-13)27-24-21(15(3)26-27)17(12-20(28)25-24)23(29)22-18(30-4)7-6-8-19(22)31-5/h6-11,17H,12H2,1-5H3,(H,25,28). The molecule has 1 amide bonds. The molecule has 3 aromatic rings. The molecule has 7 nitrogen and oxygen atoms in total. The Hall–Kier alpha value is -3.61. The molecule has 2 aromatic carbocycles. The van der Waals surface area contributed by atoms with E-state index >= 15 is 0 Å². The molecule has 0 spiro atoms. The minimum absolute atomic E-state index is 0.0341. The molecule has 7 heteroatoms. The summed E-state index contributed by atoms with van der Waals surface area (Å²) in [4.78, 5) is 26.3. The van der Waals surface area contributed by atoms with Crippen LogP contribution in [0.25, 0.3) is 5.69 Å². The summed E-state index contributed by atoms with van der Waals surface area (Å²) in [6.45, 7) is 5.88. The van der Waals surface area contributed by atoms with Gasteiger partial charge in [-0.3, -0.25) is 9.59 Å². The molecule has 1 aromatic heterocycles. The second-order valence-corrected chi connectivity index (χ2v) is 7.81. The molecule has 0 saturated carbocycles. The third-order valence-corrected chi connectivity index (χ3v) is 5.54. The number of aryl methyl sites for hydroxylation is 3. The van der Waals surface area contributed by atoms with Crippen LogP contribution in [0.15, 0.2) is 36.4 Å². The van der Waals surface area contributed by atoms with E-state index in [-0.39, 0.29) is 18.1 Å². The summed E-state index contributed by atoms with van der Waals surface area (Å²) in [6.07, 6.45) is 0.0341. The van der Waals surface area contributed by atoms with Gasteiger partial charge in [0.25, 0.3) is 0 Å². The lowest BCUT2D eigenvalue weighted by atomic mass is 9.84. The Bertz CT molecular complexity index is 1150. The molecule has 1 aliphatic heterocycles. The highest BCUT2D eigenvalue weighted by atomic mass is 16.5. The highest BCUT2D eigenvalue weighted by Crippen LogP contribution is 2.41. The second kappa shape index (κ2) is 7.91. The number of aromatic nitrogens is 2. The Labute approximate surface area is 181 Å². The van der Waals surface area contributed by atoms with E-state index in [1.165, 1.54) is 14.2 Å². The van der Waals surface area contributed by atoms with E-state index in [2.05, 4.69) is 16.5 Å². The average molecular weight is 419 g/mol. The maximum atomic E-state index is 13.7. The Morgan fingerprint density at radius 3 is 2.26 bits per heavy atom. The van der Waals surface area contributed by atoms with Gasteiger partial charge in [-0.1, -0.05) is 12.1 Å². The fraction of sp³-hybridized carbons (Fsp3) is 0.292. The van der Waals surface area contributed by atoms with Crippen molar-refractivity contribution in [1.29, 1.82) is 0 Å². The number of benzene rings is 2. The smallest absolute Gasteiger partial charge is 0.226 e. The molecule has 4 rings (SSSR count). The summed E-state index contributed by atoms with van der Waals surface area (Å²) in [5, 5.41) is 7.60. The number of hydrogen-bond donors (Lipinski definition) is 1. The number of amides is 1. The monoisotopic (exact) mass is 419 g/mol. The molecule has 1 aliphatic rings. The average Bonchev–Trinajstić information content (AvgIpc) is 3.07. The molecule has 160 valence electrons. The summed E-state index contributed by atoms with van der Waals surface area (Å²) < 4.78 is 12.6. The predicted molar refractivity (Wildman–Crippen MR) is 118 cm³/mol. The fourth-order valence-corrected chi connectivity index (χ4v) is 4.30. The predicted octanol–water partition coefficient (Wildman–Crippen LogP) is 4.12. The number of hydrogen-bond acceptors (Lipinski definition) is 5. The van der Waals surface area contributed by atoms with Gasteiger partial charge in [0.1, 0.15) is 22.9 Å². The van der Waals surface area contributed by atoms with Gasteiger partial charge in [-0.25, -0.2) is 4.68 Å². The number of fused-ring (bicyclic) bond motifs is 1. The minimum atomic E-state index is -0.686. The van der Waals surface area contributed by atoms with E-state index in [1.54, 1.807) is 22.9 Å². The number of ketones is 1. The zero-order valence-corrected chi connectivity index (χ0v) is 18.3. The zero-order chi connectivity index (χ0) is 22.3. The first-order chi connectivity index (χ1) is 14.8. The SMILES string of the molecule is COc1cccc(OC)c1C(=O)C1CC(=O)Nc2c1c(C)nn2-c1cc(C)cc(C)c1. The molecule has 0 radical (unpaired) electrons. The molecule has 1 N–H and O–H groups in total. The Morgan fingerprint density at radius 2 is 1.68 bits per heavy atom. The summed E-state index contributed by atoms with van der Waals surface area (Å²) in [6, 6.07) is 11.3. The molecule has 1 unspecified atom stereocenters. The zero-order valence-electron chi connectivity index (χ0n) is 18.3. The number of Topliss-reactive ketones (excluding diaryl/α,β-unsaturated/α-hetero) is 1. The third-order valence-electron chi connectivity index (χ3n) is 5.54. The van der Waals surface area contributed by atoms with Crippen LogP contribution in [0.2, 0.25) is 0 Å². The van der Waals surface area contributed by atoms with Gasteiger partial charge in [0.05, 0.1) is 31.5 Å². The van der Waals surface area contributed by atoms with Crippen LogP contribution in [0.5, 0.6) is 11.5 Å². The summed E-state index contributed by atoms with van der Waals surface area (Å²) in [5.74, 6) is 0.214. The van der Waals surface area contributed by atoms with Gasteiger partial charge < -0.3 is 14.8 Å². The van der Waals surface area contributed by atoms with Gasteiger partial charge in [0.15, 0.2) is 5.78 Å². The number of nitrogens with one attached hydrogen (secondary N) is 1. The van der Waals surface area contributed by atoms with E-state index in [4.69, 9.17) is 9.47 Å². The van der Waals surface area contributed by atoms with E-state index in [1.807, 2.05) is 32.9 Å². The summed E-state index contributed by atoms with van der Waals surface area (Å²) in [5.41, 5.74) is 4.76. The quantitative estimate of drug-likeness (QED) is 0.629. The lowest BCUT2D eigenvalue weighted by Gasteiger charge is -2.24. The first-order valence-electron chi connectivity index (χ1n) is 10.1. The van der Waals surface area contributed by atoms with Crippen LogP contribution in [0.4, 0.5) is 5.82 Å². The molecule has 0 fully saturated rings. The summed E-state index contributed by atoms with van der Waals surface area (Å²) >= 11 is 0. The number of anilines is 1. The number of carbonyl (C=O) groups excluding carboxylic acids is 2. The van der Waals surface area contributed by atoms with Crippen LogP contribution >= 0.6 is 0 Å². The normalized spacial score (nSPS) is 15.3.